The van der Waals surface area contributed by atoms with Crippen LogP contribution in [0, 0.1) is 0 Å². The number of esters is 1. The highest BCUT2D eigenvalue weighted by Gasteiger charge is 2.51. The molecule has 0 atom stereocenters. The van der Waals surface area contributed by atoms with Gasteiger partial charge in [0.2, 0.25) is 0 Å². The maximum Gasteiger partial charge on any atom is 0.311 e. The molecule has 0 amide bonds. The monoisotopic (exact) mass is 1200 g/mol. The van der Waals surface area contributed by atoms with E-state index in [1.807, 2.05) is 6.07 Å². The van der Waals surface area contributed by atoms with Gasteiger partial charge in [0.15, 0.2) is 0 Å². The third kappa shape index (κ3) is 27.6. The van der Waals surface area contributed by atoms with Crippen molar-refractivity contribution in [1.82, 2.24) is 0 Å². The Bertz CT molecular complexity index is 2110. The number of phenols is 1. The summed E-state index contributed by atoms with van der Waals surface area (Å²) in [7, 11) is 0. The van der Waals surface area contributed by atoms with E-state index in [0.29, 0.717) is 38.6 Å². The van der Waals surface area contributed by atoms with Crippen LogP contribution >= 0.6 is 0 Å². The molecule has 1 N–H and O–H groups in total. The zero-order valence-electron chi connectivity index (χ0n) is 57.2. The fourth-order valence-electron chi connectivity index (χ4n) is 13.9. The Kier molecular flexibility index (Phi) is 40.7. The van der Waals surface area contributed by atoms with Crippen LogP contribution in [0.2, 0.25) is 0 Å². The van der Waals surface area contributed by atoms with E-state index in [1.54, 1.807) is 6.07 Å². The summed E-state index contributed by atoms with van der Waals surface area (Å²) in [4.78, 5) is 14.2. The van der Waals surface area contributed by atoms with Crippen LogP contribution in [0.3, 0.4) is 0 Å². The minimum atomic E-state index is -0.474. The number of hydrogen-bond acceptors (Lipinski definition) is 7. The van der Waals surface area contributed by atoms with Crippen LogP contribution in [-0.4, -0.2) is 37.5 Å². The summed E-state index contributed by atoms with van der Waals surface area (Å²) in [5, 5.41) is 12.5. The van der Waals surface area contributed by atoms with E-state index in [1.165, 1.54) is 244 Å². The molecule has 6 rings (SSSR count). The first-order valence-corrected chi connectivity index (χ1v) is 37.9. The average Bonchev–Trinajstić information content (AvgIpc) is 0.697. The molecule has 0 saturated heterocycles. The number of rotatable bonds is 59. The molecule has 0 spiro atoms. The molecular formula is C80H132O7. The molecule has 0 fully saturated rings. The van der Waals surface area contributed by atoms with E-state index in [2.05, 4.69) is 58.9 Å². The van der Waals surface area contributed by atoms with Gasteiger partial charge in [0.1, 0.15) is 34.5 Å². The number of unbranched alkanes of at least 4 members (excludes halogenated alkanes) is 44. The quantitative estimate of drug-likeness (QED) is 0.0236. The van der Waals surface area contributed by atoms with Crippen LogP contribution in [0.5, 0.6) is 34.5 Å². The smallest absolute Gasteiger partial charge is 0.311 e. The maximum atomic E-state index is 14.2. The Morgan fingerprint density at radius 1 is 0.276 bits per heavy atom. The SMILES string of the molecule is CCCCCCCCCCCCOc1ccc(OCCCCCCCCCCCC)c2c1C1c3c(O)ccc(OC(=O)CCCCCCCCCCC)c3C2c2c(OCCCCCCCCCCCC)ccc(OCCCCCCCCCCCC)c21. The number of carbonyl (C=O) groups is 1. The van der Waals surface area contributed by atoms with Gasteiger partial charge in [0.25, 0.3) is 0 Å². The van der Waals surface area contributed by atoms with Gasteiger partial charge in [-0.3, -0.25) is 4.79 Å². The lowest BCUT2D eigenvalue weighted by molar-refractivity contribution is -0.134. The summed E-state index contributed by atoms with van der Waals surface area (Å²) in [6.45, 7) is 13.9. The fourth-order valence-corrected chi connectivity index (χ4v) is 13.9. The lowest BCUT2D eigenvalue weighted by Crippen LogP contribution is -2.31. The van der Waals surface area contributed by atoms with Gasteiger partial charge in [-0.05, 0) is 68.5 Å². The summed E-state index contributed by atoms with van der Waals surface area (Å²) in [6, 6.07) is 12.2. The van der Waals surface area contributed by atoms with Crippen LogP contribution in [0.4, 0.5) is 0 Å². The normalized spacial score (nSPS) is 13.9. The van der Waals surface area contributed by atoms with Crippen molar-refractivity contribution in [2.45, 2.75) is 367 Å². The largest absolute Gasteiger partial charge is 0.508 e. The van der Waals surface area contributed by atoms with E-state index in [-0.39, 0.29) is 11.7 Å². The minimum Gasteiger partial charge on any atom is -0.508 e. The summed E-state index contributed by atoms with van der Waals surface area (Å²) in [6.07, 6.45) is 61.5. The Morgan fingerprint density at radius 3 is 0.747 bits per heavy atom. The van der Waals surface area contributed by atoms with Gasteiger partial charge in [-0.15, -0.1) is 0 Å². The van der Waals surface area contributed by atoms with Crippen LogP contribution in [0.1, 0.15) is 401 Å². The Labute approximate surface area is 535 Å². The van der Waals surface area contributed by atoms with Crippen molar-refractivity contribution >= 4 is 5.97 Å². The van der Waals surface area contributed by atoms with Crippen LogP contribution in [-0.2, 0) is 4.79 Å². The summed E-state index contributed by atoms with van der Waals surface area (Å²) >= 11 is 0. The highest BCUT2D eigenvalue weighted by Crippen LogP contribution is 2.66. The molecule has 0 radical (unpaired) electrons. The highest BCUT2D eigenvalue weighted by atomic mass is 16.5. The number of phenolic OH excluding ortho intramolecular Hbond substituents is 1. The minimum absolute atomic E-state index is 0.199. The van der Waals surface area contributed by atoms with Crippen molar-refractivity contribution in [3.05, 3.63) is 69.8 Å². The third-order valence-corrected chi connectivity index (χ3v) is 19.1. The Balaban J connectivity index is 1.49. The van der Waals surface area contributed by atoms with E-state index >= 15 is 0 Å². The first kappa shape index (κ1) is 73.9. The molecule has 0 unspecified atom stereocenters. The zero-order chi connectivity index (χ0) is 61.6. The number of aromatic hydroxyl groups is 1. The van der Waals surface area contributed by atoms with Crippen molar-refractivity contribution < 1.29 is 33.6 Å². The number of benzene rings is 3. The number of hydrogen-bond donors (Lipinski definition) is 1. The van der Waals surface area contributed by atoms with Crippen molar-refractivity contribution in [3.63, 3.8) is 0 Å². The summed E-state index contributed by atoms with van der Waals surface area (Å²) in [5.74, 6) is 2.91. The van der Waals surface area contributed by atoms with Crippen molar-refractivity contribution in [3.8, 4) is 34.5 Å². The van der Waals surface area contributed by atoms with E-state index in [4.69, 9.17) is 23.7 Å². The van der Waals surface area contributed by atoms with E-state index in [9.17, 15) is 9.90 Å². The molecule has 87 heavy (non-hydrogen) atoms. The van der Waals surface area contributed by atoms with Gasteiger partial charge in [-0.1, -0.05) is 317 Å². The van der Waals surface area contributed by atoms with Crippen LogP contribution in [0.25, 0.3) is 0 Å². The molecule has 7 nitrogen and oxygen atoms in total. The summed E-state index contributed by atoms with van der Waals surface area (Å²) < 4.78 is 34.9. The predicted molar refractivity (Wildman–Crippen MR) is 370 cm³/mol. The zero-order valence-corrected chi connectivity index (χ0v) is 57.2. The first-order valence-electron chi connectivity index (χ1n) is 37.9. The molecule has 7 heteroatoms. The molecule has 0 aliphatic heterocycles. The highest BCUT2D eigenvalue weighted by molar-refractivity contribution is 5.82. The second-order valence-electron chi connectivity index (χ2n) is 26.7. The maximum absolute atomic E-state index is 14.2. The molecule has 3 aromatic carbocycles. The molecule has 3 aliphatic rings. The van der Waals surface area contributed by atoms with Gasteiger partial charge in [-0.2, -0.15) is 0 Å². The van der Waals surface area contributed by atoms with Gasteiger partial charge in [0.05, 0.1) is 26.4 Å². The topological polar surface area (TPSA) is 83.5 Å². The second kappa shape index (κ2) is 48.0. The van der Waals surface area contributed by atoms with Gasteiger partial charge >= 0.3 is 5.97 Å². The fraction of sp³-hybridized carbons (Fsp3) is 0.762. The molecular weight excluding hydrogens is 1070 g/mol. The molecule has 3 aromatic rings. The average molecular weight is 1210 g/mol. The predicted octanol–water partition coefficient (Wildman–Crippen LogP) is 25.4. The molecule has 0 aromatic heterocycles. The van der Waals surface area contributed by atoms with Crippen molar-refractivity contribution in [2.24, 2.45) is 0 Å². The van der Waals surface area contributed by atoms with Gasteiger partial charge in [-0.25, -0.2) is 0 Å². The van der Waals surface area contributed by atoms with E-state index in [0.717, 1.165) is 127 Å². The van der Waals surface area contributed by atoms with Crippen LogP contribution in [0.15, 0.2) is 36.4 Å². The van der Waals surface area contributed by atoms with E-state index < -0.39 is 11.8 Å². The third-order valence-electron chi connectivity index (χ3n) is 19.1. The molecule has 0 saturated carbocycles. The standard InChI is InChI=1S/C80H132O7/c1-6-11-16-21-26-31-36-41-46-51-62-83-67-58-60-69(85-64-53-48-43-38-33-28-23-18-13-8-3)76-74(67)79-73-66(81)56-57-71(87-72(82)55-50-45-40-35-30-25-20-15-10-5)78(73)80(76)77-70(86-65-54-49-44-39-34-29-24-19-14-9-4)61-59-68(75(77)79)84-63-52-47-42-37-32-27-22-17-12-7-2/h56-61,79-81H,6-55,62-65H2,1-5H3. The Morgan fingerprint density at radius 2 is 0.483 bits per heavy atom. The van der Waals surface area contributed by atoms with Crippen LogP contribution < -0.4 is 23.7 Å². The first-order chi connectivity index (χ1) is 43.0. The molecule has 3 aliphatic carbocycles. The molecule has 494 valence electrons. The number of ether oxygens (including phenoxy) is 5. The lowest BCUT2D eigenvalue weighted by Gasteiger charge is -2.45. The van der Waals surface area contributed by atoms with Crippen molar-refractivity contribution in [2.75, 3.05) is 26.4 Å². The second-order valence-corrected chi connectivity index (χ2v) is 26.7. The van der Waals surface area contributed by atoms with Crippen molar-refractivity contribution in [1.29, 1.82) is 0 Å². The molecule has 2 bridgehead atoms. The lowest BCUT2D eigenvalue weighted by atomic mass is 9.59. The Hall–Kier alpha value is -3.87. The molecule has 0 heterocycles. The summed E-state index contributed by atoms with van der Waals surface area (Å²) in [5.41, 5.74) is 5.79. The van der Waals surface area contributed by atoms with Gasteiger partial charge < -0.3 is 28.8 Å². The number of carbonyl (C=O) groups excluding carboxylic acids is 1. The van der Waals surface area contributed by atoms with Gasteiger partial charge in [0, 0.05) is 51.6 Å².